The van der Waals surface area contributed by atoms with Crippen molar-refractivity contribution in [2.75, 3.05) is 6.61 Å². The molecule has 1 unspecified atom stereocenters. The van der Waals surface area contributed by atoms with Crippen LogP contribution in [0.25, 0.3) is 11.1 Å². The predicted octanol–water partition coefficient (Wildman–Crippen LogP) is 4.08. The lowest BCUT2D eigenvalue weighted by atomic mass is 10.0. The SMILES string of the molecule is CCOP(=O)(O)Cc1ccc(-c2ccccc2)cc1. The predicted molar refractivity (Wildman–Crippen MR) is 77.0 cm³/mol. The van der Waals surface area contributed by atoms with Crippen molar-refractivity contribution in [1.29, 1.82) is 0 Å². The molecule has 1 N–H and O–H groups in total. The van der Waals surface area contributed by atoms with Gasteiger partial charge in [0.1, 0.15) is 0 Å². The van der Waals surface area contributed by atoms with Gasteiger partial charge in [-0.15, -0.1) is 0 Å². The molecule has 0 aromatic heterocycles. The quantitative estimate of drug-likeness (QED) is 0.837. The molecule has 0 saturated carbocycles. The first-order valence-electron chi connectivity index (χ1n) is 6.21. The Bertz CT molecular complexity index is 564. The molecule has 1 atom stereocenters. The maximum atomic E-state index is 11.7. The molecule has 0 heterocycles. The molecule has 0 bridgehead atoms. The van der Waals surface area contributed by atoms with Gasteiger partial charge in [0.05, 0.1) is 12.8 Å². The highest BCUT2D eigenvalue weighted by molar-refractivity contribution is 7.51. The first-order valence-corrected chi connectivity index (χ1v) is 7.98. The van der Waals surface area contributed by atoms with Gasteiger partial charge in [0, 0.05) is 0 Å². The summed E-state index contributed by atoms with van der Waals surface area (Å²) in [6.07, 6.45) is 0.0515. The molecule has 0 saturated heterocycles. The Balaban J connectivity index is 2.13. The minimum Gasteiger partial charge on any atom is -0.324 e. The van der Waals surface area contributed by atoms with E-state index in [1.54, 1.807) is 6.92 Å². The van der Waals surface area contributed by atoms with Crippen molar-refractivity contribution in [3.05, 3.63) is 60.2 Å². The normalized spacial score (nSPS) is 14.0. The average Bonchev–Trinajstić information content (AvgIpc) is 2.40. The second-order valence-electron chi connectivity index (χ2n) is 4.28. The van der Waals surface area contributed by atoms with Crippen LogP contribution in [-0.2, 0) is 15.3 Å². The van der Waals surface area contributed by atoms with Gasteiger partial charge in [0.25, 0.3) is 0 Å². The Morgan fingerprint density at radius 3 is 2.16 bits per heavy atom. The summed E-state index contributed by atoms with van der Waals surface area (Å²) >= 11 is 0. The molecule has 2 rings (SSSR count). The summed E-state index contributed by atoms with van der Waals surface area (Å²) in [6.45, 7) is 1.96. The fourth-order valence-corrected chi connectivity index (χ4v) is 3.08. The van der Waals surface area contributed by atoms with Crippen molar-refractivity contribution >= 4 is 7.60 Å². The van der Waals surface area contributed by atoms with Gasteiger partial charge in [-0.3, -0.25) is 4.57 Å². The number of hydrogen-bond donors (Lipinski definition) is 1. The minimum absolute atomic E-state index is 0.0515. The first-order chi connectivity index (χ1) is 9.11. The van der Waals surface area contributed by atoms with E-state index in [1.165, 1.54) is 0 Å². The van der Waals surface area contributed by atoms with Crippen molar-refractivity contribution in [2.24, 2.45) is 0 Å². The monoisotopic (exact) mass is 276 g/mol. The maximum absolute atomic E-state index is 11.7. The molecule has 3 nitrogen and oxygen atoms in total. The molecule has 0 aliphatic rings. The molecule has 2 aromatic carbocycles. The Labute approximate surface area is 113 Å². The topological polar surface area (TPSA) is 46.5 Å². The third kappa shape index (κ3) is 4.03. The molecule has 0 fully saturated rings. The van der Waals surface area contributed by atoms with Crippen molar-refractivity contribution in [3.63, 3.8) is 0 Å². The summed E-state index contributed by atoms with van der Waals surface area (Å²) in [4.78, 5) is 9.59. The highest BCUT2D eigenvalue weighted by Crippen LogP contribution is 2.45. The zero-order valence-corrected chi connectivity index (χ0v) is 11.7. The van der Waals surface area contributed by atoms with E-state index in [9.17, 15) is 9.46 Å². The van der Waals surface area contributed by atoms with Gasteiger partial charge in [-0.1, -0.05) is 54.6 Å². The lowest BCUT2D eigenvalue weighted by molar-refractivity contribution is 0.272. The summed E-state index contributed by atoms with van der Waals surface area (Å²) in [5, 5.41) is 0. The van der Waals surface area contributed by atoms with Gasteiger partial charge in [0.15, 0.2) is 0 Å². The standard InChI is InChI=1S/C15H17O3P/c1-2-18-19(16,17)12-13-8-10-15(11-9-13)14-6-4-3-5-7-14/h3-11H,2,12H2,1H3,(H,16,17). The Hall–Kier alpha value is -1.41. The Kier molecular flexibility index (Phi) is 4.54. The van der Waals surface area contributed by atoms with Gasteiger partial charge < -0.3 is 9.42 Å². The second-order valence-corrected chi connectivity index (χ2v) is 6.13. The fourth-order valence-electron chi connectivity index (χ4n) is 1.91. The lowest BCUT2D eigenvalue weighted by Gasteiger charge is -2.11. The molecular weight excluding hydrogens is 259 g/mol. The second kappa shape index (κ2) is 6.16. The molecule has 0 spiro atoms. The van der Waals surface area contributed by atoms with Crippen LogP contribution in [0, 0.1) is 0 Å². The zero-order chi connectivity index (χ0) is 13.7. The summed E-state index contributed by atoms with van der Waals surface area (Å²) in [5.41, 5.74) is 3.03. The summed E-state index contributed by atoms with van der Waals surface area (Å²) in [7, 11) is -3.50. The molecular formula is C15H17O3P. The van der Waals surface area contributed by atoms with Gasteiger partial charge in [0.2, 0.25) is 0 Å². The highest BCUT2D eigenvalue weighted by atomic mass is 31.2. The van der Waals surface area contributed by atoms with Crippen LogP contribution in [0.1, 0.15) is 12.5 Å². The summed E-state index contributed by atoms with van der Waals surface area (Å²) in [5.74, 6) is 0. The van der Waals surface area contributed by atoms with Crippen LogP contribution in [0.15, 0.2) is 54.6 Å². The molecule has 0 radical (unpaired) electrons. The van der Waals surface area contributed by atoms with E-state index in [0.717, 1.165) is 16.7 Å². The van der Waals surface area contributed by atoms with Gasteiger partial charge in [-0.25, -0.2) is 0 Å². The zero-order valence-electron chi connectivity index (χ0n) is 10.8. The van der Waals surface area contributed by atoms with Crippen LogP contribution in [0.3, 0.4) is 0 Å². The number of rotatable bonds is 5. The van der Waals surface area contributed by atoms with Crippen molar-refractivity contribution in [1.82, 2.24) is 0 Å². The minimum atomic E-state index is -3.50. The summed E-state index contributed by atoms with van der Waals surface area (Å²) in [6, 6.07) is 17.7. The van der Waals surface area contributed by atoms with E-state index in [-0.39, 0.29) is 12.8 Å². The molecule has 0 aliphatic carbocycles. The van der Waals surface area contributed by atoms with Gasteiger partial charge in [-0.05, 0) is 23.6 Å². The maximum Gasteiger partial charge on any atom is 0.332 e. The van der Waals surface area contributed by atoms with E-state index in [0.29, 0.717) is 0 Å². The fraction of sp³-hybridized carbons (Fsp3) is 0.200. The largest absolute Gasteiger partial charge is 0.332 e. The van der Waals surface area contributed by atoms with Crippen LogP contribution >= 0.6 is 7.60 Å². The molecule has 100 valence electrons. The molecule has 2 aromatic rings. The van der Waals surface area contributed by atoms with Crippen LogP contribution in [-0.4, -0.2) is 11.5 Å². The van der Waals surface area contributed by atoms with E-state index < -0.39 is 7.60 Å². The number of hydrogen-bond acceptors (Lipinski definition) is 2. The van der Waals surface area contributed by atoms with Crippen molar-refractivity contribution < 1.29 is 14.0 Å². The van der Waals surface area contributed by atoms with Crippen LogP contribution in [0.4, 0.5) is 0 Å². The molecule has 0 amide bonds. The lowest BCUT2D eigenvalue weighted by Crippen LogP contribution is -1.93. The molecule has 19 heavy (non-hydrogen) atoms. The molecule has 4 heteroatoms. The average molecular weight is 276 g/mol. The molecule has 0 aliphatic heterocycles. The Morgan fingerprint density at radius 2 is 1.58 bits per heavy atom. The van der Waals surface area contributed by atoms with E-state index >= 15 is 0 Å². The van der Waals surface area contributed by atoms with Crippen LogP contribution in [0.2, 0.25) is 0 Å². The van der Waals surface area contributed by atoms with Crippen molar-refractivity contribution in [3.8, 4) is 11.1 Å². The van der Waals surface area contributed by atoms with Crippen molar-refractivity contribution in [2.45, 2.75) is 13.1 Å². The Morgan fingerprint density at radius 1 is 1.00 bits per heavy atom. The third-order valence-electron chi connectivity index (χ3n) is 2.77. The van der Waals surface area contributed by atoms with Gasteiger partial charge >= 0.3 is 7.60 Å². The highest BCUT2D eigenvalue weighted by Gasteiger charge is 2.18. The third-order valence-corrected chi connectivity index (χ3v) is 4.20. The number of benzene rings is 2. The smallest absolute Gasteiger partial charge is 0.324 e. The summed E-state index contributed by atoms with van der Waals surface area (Å²) < 4.78 is 16.5. The van der Waals surface area contributed by atoms with E-state index in [1.807, 2.05) is 54.6 Å². The van der Waals surface area contributed by atoms with Crippen LogP contribution < -0.4 is 0 Å². The van der Waals surface area contributed by atoms with Crippen LogP contribution in [0.5, 0.6) is 0 Å². The van der Waals surface area contributed by atoms with Gasteiger partial charge in [-0.2, -0.15) is 0 Å². The van der Waals surface area contributed by atoms with E-state index in [2.05, 4.69) is 0 Å². The van der Waals surface area contributed by atoms with E-state index in [4.69, 9.17) is 4.52 Å². The first kappa shape index (κ1) is 14.0.